The van der Waals surface area contributed by atoms with Gasteiger partial charge in [-0.2, -0.15) is 5.26 Å². The van der Waals surface area contributed by atoms with E-state index in [1.54, 1.807) is 42.5 Å². The number of carbonyl (C=O) groups is 2. The molecule has 0 radical (unpaired) electrons. The van der Waals surface area contributed by atoms with Crippen LogP contribution in [0.2, 0.25) is 0 Å². The number of para-hydroxylation sites is 2. The molecule has 144 valence electrons. The summed E-state index contributed by atoms with van der Waals surface area (Å²) in [6.07, 6.45) is 0.230. The van der Waals surface area contributed by atoms with E-state index in [-0.39, 0.29) is 25.1 Å². The van der Waals surface area contributed by atoms with Crippen molar-refractivity contribution in [1.82, 2.24) is 0 Å². The van der Waals surface area contributed by atoms with Crippen molar-refractivity contribution in [1.29, 1.82) is 5.26 Å². The molecule has 0 saturated carbocycles. The summed E-state index contributed by atoms with van der Waals surface area (Å²) in [6, 6.07) is 14.9. The molecule has 0 unspecified atom stereocenters. The van der Waals surface area contributed by atoms with Gasteiger partial charge in [0.2, 0.25) is 0 Å². The number of rotatable bonds is 9. The largest absolute Gasteiger partial charge is 0.456 e. The van der Waals surface area contributed by atoms with Gasteiger partial charge in [0.25, 0.3) is 11.6 Å². The second-order valence-corrected chi connectivity index (χ2v) is 5.69. The van der Waals surface area contributed by atoms with Crippen molar-refractivity contribution in [2.75, 3.05) is 23.8 Å². The predicted molar refractivity (Wildman–Crippen MR) is 102 cm³/mol. The lowest BCUT2D eigenvalue weighted by atomic mass is 10.1. The zero-order valence-corrected chi connectivity index (χ0v) is 14.9. The molecule has 9 nitrogen and oxygen atoms in total. The lowest BCUT2D eigenvalue weighted by molar-refractivity contribution is -0.384. The Labute approximate surface area is 161 Å². The third kappa shape index (κ3) is 6.42. The first-order valence-electron chi connectivity index (χ1n) is 8.38. The first-order valence-corrected chi connectivity index (χ1v) is 8.38. The molecule has 2 aromatic rings. The van der Waals surface area contributed by atoms with E-state index in [0.717, 1.165) is 5.56 Å². The quantitative estimate of drug-likeness (QED) is 0.387. The van der Waals surface area contributed by atoms with Crippen LogP contribution in [0.15, 0.2) is 48.5 Å². The summed E-state index contributed by atoms with van der Waals surface area (Å²) in [5.41, 5.74) is 1.58. The molecular weight excluding hydrogens is 364 g/mol. The summed E-state index contributed by atoms with van der Waals surface area (Å²) in [5, 5.41) is 24.9. The number of benzene rings is 2. The van der Waals surface area contributed by atoms with Crippen molar-refractivity contribution in [2.45, 2.75) is 12.8 Å². The Morgan fingerprint density at radius 2 is 1.86 bits per heavy atom. The van der Waals surface area contributed by atoms with Gasteiger partial charge in [-0.3, -0.25) is 19.7 Å². The van der Waals surface area contributed by atoms with Gasteiger partial charge in [0.15, 0.2) is 6.61 Å². The van der Waals surface area contributed by atoms with Crippen LogP contribution in [0.1, 0.15) is 12.0 Å². The van der Waals surface area contributed by atoms with Crippen molar-refractivity contribution in [3.05, 3.63) is 64.2 Å². The number of esters is 1. The number of anilines is 2. The fourth-order valence-corrected chi connectivity index (χ4v) is 2.29. The fourth-order valence-electron chi connectivity index (χ4n) is 2.29. The number of carbonyl (C=O) groups excluding carboxylic acids is 2. The molecule has 0 bridgehead atoms. The van der Waals surface area contributed by atoms with Crippen molar-refractivity contribution < 1.29 is 19.2 Å². The highest BCUT2D eigenvalue weighted by Gasteiger charge is 2.13. The maximum atomic E-state index is 11.8. The topological polar surface area (TPSA) is 134 Å². The fraction of sp³-hybridized carbons (Fsp3) is 0.211. The average Bonchev–Trinajstić information content (AvgIpc) is 2.68. The van der Waals surface area contributed by atoms with Gasteiger partial charge in [-0.25, -0.2) is 0 Å². The molecule has 28 heavy (non-hydrogen) atoms. The maximum Gasteiger partial charge on any atom is 0.308 e. The van der Waals surface area contributed by atoms with Crippen LogP contribution in [0.25, 0.3) is 0 Å². The van der Waals surface area contributed by atoms with Gasteiger partial charge < -0.3 is 15.4 Å². The summed E-state index contributed by atoms with van der Waals surface area (Å²) in [4.78, 5) is 33.9. The molecule has 2 rings (SSSR count). The van der Waals surface area contributed by atoms with Crippen molar-refractivity contribution in [3.63, 3.8) is 0 Å². The van der Waals surface area contributed by atoms with E-state index in [1.807, 2.05) is 6.07 Å². The maximum absolute atomic E-state index is 11.8. The third-order valence-corrected chi connectivity index (χ3v) is 3.63. The summed E-state index contributed by atoms with van der Waals surface area (Å²) in [7, 11) is 0. The van der Waals surface area contributed by atoms with E-state index in [4.69, 9.17) is 10.00 Å². The second kappa shape index (κ2) is 10.3. The van der Waals surface area contributed by atoms with E-state index >= 15 is 0 Å². The molecule has 0 saturated heterocycles. The Bertz CT molecular complexity index is 890. The number of hydrogen-bond acceptors (Lipinski definition) is 7. The highest BCUT2D eigenvalue weighted by Crippen LogP contribution is 2.22. The SMILES string of the molecule is N#CCc1ccc(NC(=O)COC(=O)CCNc2ccccc2[N+](=O)[O-])cc1. The van der Waals surface area contributed by atoms with Crippen LogP contribution in [0.5, 0.6) is 0 Å². The summed E-state index contributed by atoms with van der Waals surface area (Å²) < 4.78 is 4.89. The molecule has 9 heteroatoms. The Hall–Kier alpha value is -3.93. The van der Waals surface area contributed by atoms with Gasteiger partial charge >= 0.3 is 5.97 Å². The van der Waals surface area contributed by atoms with Crippen LogP contribution >= 0.6 is 0 Å². The first-order chi connectivity index (χ1) is 13.5. The van der Waals surface area contributed by atoms with Crippen molar-refractivity contribution in [3.8, 4) is 6.07 Å². The second-order valence-electron chi connectivity index (χ2n) is 5.69. The van der Waals surface area contributed by atoms with Crippen molar-refractivity contribution in [2.24, 2.45) is 0 Å². The molecular formula is C19H18N4O5. The van der Waals surface area contributed by atoms with Crippen molar-refractivity contribution >= 4 is 28.9 Å². The molecule has 2 aromatic carbocycles. The third-order valence-electron chi connectivity index (χ3n) is 3.63. The van der Waals surface area contributed by atoms with Gasteiger partial charge in [0, 0.05) is 18.3 Å². The van der Waals surface area contributed by atoms with Crippen LogP contribution in [-0.4, -0.2) is 30.0 Å². The minimum atomic E-state index is -0.606. The minimum Gasteiger partial charge on any atom is -0.456 e. The Kier molecular flexibility index (Phi) is 7.48. The molecule has 0 aromatic heterocycles. The van der Waals surface area contributed by atoms with Gasteiger partial charge in [0.1, 0.15) is 5.69 Å². The normalized spacial score (nSPS) is 9.82. The summed E-state index contributed by atoms with van der Waals surface area (Å²) in [6.45, 7) is -0.310. The smallest absolute Gasteiger partial charge is 0.308 e. The number of nitro benzene ring substituents is 1. The Balaban J connectivity index is 1.71. The summed E-state index contributed by atoms with van der Waals surface area (Å²) >= 11 is 0. The Morgan fingerprint density at radius 3 is 2.54 bits per heavy atom. The van der Waals surface area contributed by atoms with E-state index in [1.165, 1.54) is 6.07 Å². The monoisotopic (exact) mass is 382 g/mol. The van der Waals surface area contributed by atoms with Gasteiger partial charge in [-0.15, -0.1) is 0 Å². The number of nitro groups is 1. The van der Waals surface area contributed by atoms with E-state index in [2.05, 4.69) is 10.6 Å². The van der Waals surface area contributed by atoms with Crippen LogP contribution in [0, 0.1) is 21.4 Å². The molecule has 0 aliphatic rings. The van der Waals surface area contributed by atoms with E-state index in [0.29, 0.717) is 11.4 Å². The van der Waals surface area contributed by atoms with Gasteiger partial charge in [0.05, 0.1) is 23.8 Å². The molecule has 2 N–H and O–H groups in total. The zero-order chi connectivity index (χ0) is 20.4. The van der Waals surface area contributed by atoms with Crippen LogP contribution in [0.4, 0.5) is 17.1 Å². The number of nitriles is 1. The summed E-state index contributed by atoms with van der Waals surface area (Å²) in [5.74, 6) is -1.10. The van der Waals surface area contributed by atoms with Crippen LogP contribution in [-0.2, 0) is 20.7 Å². The molecule has 0 aliphatic carbocycles. The number of nitrogens with one attached hydrogen (secondary N) is 2. The molecule has 1 amide bonds. The van der Waals surface area contributed by atoms with Crippen LogP contribution in [0.3, 0.4) is 0 Å². The minimum absolute atomic E-state index is 0.0534. The molecule has 0 aliphatic heterocycles. The van der Waals surface area contributed by atoms with E-state index < -0.39 is 23.4 Å². The lowest BCUT2D eigenvalue weighted by Gasteiger charge is -2.08. The Morgan fingerprint density at radius 1 is 1.14 bits per heavy atom. The average molecular weight is 382 g/mol. The molecule has 0 spiro atoms. The molecule has 0 fully saturated rings. The number of nitrogens with zero attached hydrogens (tertiary/aromatic N) is 2. The van der Waals surface area contributed by atoms with E-state index in [9.17, 15) is 19.7 Å². The number of ether oxygens (including phenoxy) is 1. The van der Waals surface area contributed by atoms with Gasteiger partial charge in [-0.1, -0.05) is 24.3 Å². The standard InChI is InChI=1S/C19H18N4O5/c20-11-9-14-5-7-15(8-6-14)22-18(24)13-28-19(25)10-12-21-16-3-1-2-4-17(16)23(26)27/h1-8,21H,9-10,12-13H2,(H,22,24). The van der Waals surface area contributed by atoms with Crippen LogP contribution < -0.4 is 10.6 Å². The zero-order valence-electron chi connectivity index (χ0n) is 14.9. The number of hydrogen-bond donors (Lipinski definition) is 2. The number of amides is 1. The first kappa shape index (κ1) is 20.4. The molecule has 0 heterocycles. The predicted octanol–water partition coefficient (Wildman–Crippen LogP) is 2.64. The highest BCUT2D eigenvalue weighted by molar-refractivity contribution is 5.92. The van der Waals surface area contributed by atoms with Gasteiger partial charge in [-0.05, 0) is 23.8 Å². The lowest BCUT2D eigenvalue weighted by Crippen LogP contribution is -2.22. The highest BCUT2D eigenvalue weighted by atomic mass is 16.6. The molecule has 0 atom stereocenters.